The van der Waals surface area contributed by atoms with E-state index < -0.39 is 6.04 Å². The Kier molecular flexibility index (Phi) is 6.22. The third-order valence-corrected chi connectivity index (χ3v) is 3.88. The molecule has 1 aromatic carbocycles. The van der Waals surface area contributed by atoms with Gasteiger partial charge in [-0.25, -0.2) is 0 Å². The van der Waals surface area contributed by atoms with Crippen molar-refractivity contribution in [3.63, 3.8) is 0 Å². The minimum absolute atomic E-state index is 0.0344. The van der Waals surface area contributed by atoms with Gasteiger partial charge in [0.15, 0.2) is 11.5 Å². The van der Waals surface area contributed by atoms with Crippen LogP contribution >= 0.6 is 11.6 Å². The van der Waals surface area contributed by atoms with Crippen LogP contribution in [0.15, 0.2) is 16.7 Å². The minimum atomic E-state index is -0.591. The molecule has 0 unspecified atom stereocenters. The fourth-order valence-corrected chi connectivity index (χ4v) is 2.36. The van der Waals surface area contributed by atoms with E-state index in [4.69, 9.17) is 31.3 Å². The van der Waals surface area contributed by atoms with Gasteiger partial charge in [0, 0.05) is 5.56 Å². The monoisotopic (exact) mass is 368 g/mol. The zero-order valence-electron chi connectivity index (χ0n) is 14.5. The molecule has 1 amide bonds. The van der Waals surface area contributed by atoms with E-state index >= 15 is 0 Å². The minimum Gasteiger partial charge on any atom is -0.493 e. The maximum absolute atomic E-state index is 11.9. The zero-order valence-corrected chi connectivity index (χ0v) is 15.3. The summed E-state index contributed by atoms with van der Waals surface area (Å²) in [5.41, 5.74) is 6.38. The molecule has 0 saturated heterocycles. The number of halogens is 1. The Bertz CT molecular complexity index is 748. The van der Waals surface area contributed by atoms with Crippen molar-refractivity contribution in [1.82, 2.24) is 15.5 Å². The molecule has 9 heteroatoms. The summed E-state index contributed by atoms with van der Waals surface area (Å²) < 4.78 is 15.6. The van der Waals surface area contributed by atoms with E-state index in [9.17, 15) is 4.79 Å². The topological polar surface area (TPSA) is 113 Å². The Balaban J connectivity index is 2.14. The first-order valence-corrected chi connectivity index (χ1v) is 8.03. The van der Waals surface area contributed by atoms with E-state index in [0.29, 0.717) is 27.9 Å². The number of carbonyl (C=O) groups is 1. The largest absolute Gasteiger partial charge is 0.493 e. The van der Waals surface area contributed by atoms with Gasteiger partial charge in [-0.15, -0.1) is 0 Å². The van der Waals surface area contributed by atoms with Crippen molar-refractivity contribution < 1.29 is 18.8 Å². The van der Waals surface area contributed by atoms with Crippen molar-refractivity contribution in [2.75, 3.05) is 14.2 Å². The number of aromatic nitrogens is 2. The first-order valence-electron chi connectivity index (χ1n) is 7.65. The molecule has 25 heavy (non-hydrogen) atoms. The standard InChI is InChI=1S/C16H21ClN4O4/c1-8(2)13(18)16(22)19-7-12-20-15(21-25-12)9-5-10(17)14(24-4)11(6-9)23-3/h5-6,8,13H,7,18H2,1-4H3,(H,19,22)/t13-/m0/s1. The highest BCUT2D eigenvalue weighted by Crippen LogP contribution is 2.38. The van der Waals surface area contributed by atoms with Crippen LogP contribution in [-0.4, -0.2) is 36.3 Å². The number of benzene rings is 1. The van der Waals surface area contributed by atoms with Gasteiger partial charge in [-0.1, -0.05) is 30.6 Å². The molecule has 2 rings (SSSR count). The van der Waals surface area contributed by atoms with Crippen LogP contribution in [0, 0.1) is 5.92 Å². The van der Waals surface area contributed by atoms with Crippen molar-refractivity contribution in [1.29, 1.82) is 0 Å². The van der Waals surface area contributed by atoms with Gasteiger partial charge in [-0.2, -0.15) is 4.98 Å². The van der Waals surface area contributed by atoms with Gasteiger partial charge in [0.05, 0.1) is 31.8 Å². The number of hydrogen-bond donors (Lipinski definition) is 2. The molecule has 0 aliphatic carbocycles. The molecule has 2 aromatic rings. The van der Waals surface area contributed by atoms with Gasteiger partial charge in [0.1, 0.15) is 0 Å². The molecule has 8 nitrogen and oxygen atoms in total. The SMILES string of the molecule is COc1cc(-c2noc(CNC(=O)[C@@H](N)C(C)C)n2)cc(Cl)c1OC. The Morgan fingerprint density at radius 2 is 2.08 bits per heavy atom. The number of carbonyl (C=O) groups excluding carboxylic acids is 1. The summed E-state index contributed by atoms with van der Waals surface area (Å²) in [5.74, 6) is 1.21. The van der Waals surface area contributed by atoms with Crippen molar-refractivity contribution in [3.05, 3.63) is 23.0 Å². The molecule has 0 spiro atoms. The highest BCUT2D eigenvalue weighted by molar-refractivity contribution is 6.32. The number of nitrogens with one attached hydrogen (secondary N) is 1. The van der Waals surface area contributed by atoms with Crippen molar-refractivity contribution in [2.45, 2.75) is 26.4 Å². The van der Waals surface area contributed by atoms with Crippen molar-refractivity contribution in [2.24, 2.45) is 11.7 Å². The highest BCUT2D eigenvalue weighted by atomic mass is 35.5. The van der Waals surface area contributed by atoms with Crippen LogP contribution in [0.4, 0.5) is 0 Å². The lowest BCUT2D eigenvalue weighted by molar-refractivity contribution is -0.123. The van der Waals surface area contributed by atoms with E-state index in [1.165, 1.54) is 14.2 Å². The summed E-state index contributed by atoms with van der Waals surface area (Å²) in [7, 11) is 3.01. The predicted octanol–water partition coefficient (Wildman–Crippen LogP) is 2.01. The Hall–Kier alpha value is -2.32. The molecule has 136 valence electrons. The average molecular weight is 369 g/mol. The number of ether oxygens (including phenoxy) is 2. The number of rotatable bonds is 7. The second kappa shape index (κ2) is 8.17. The van der Waals surface area contributed by atoms with Crippen molar-refractivity contribution >= 4 is 17.5 Å². The molecule has 0 aliphatic rings. The van der Waals surface area contributed by atoms with Gasteiger partial charge in [0.2, 0.25) is 17.6 Å². The Morgan fingerprint density at radius 1 is 1.36 bits per heavy atom. The summed E-state index contributed by atoms with van der Waals surface area (Å²) in [6, 6.07) is 2.74. The molecule has 0 aliphatic heterocycles. The summed E-state index contributed by atoms with van der Waals surface area (Å²) in [6.07, 6.45) is 0. The Labute approximate surface area is 150 Å². The zero-order chi connectivity index (χ0) is 18.6. The molecule has 0 bridgehead atoms. The maximum atomic E-state index is 11.9. The van der Waals surface area contributed by atoms with Gasteiger partial charge >= 0.3 is 0 Å². The lowest BCUT2D eigenvalue weighted by atomic mass is 10.1. The molecular formula is C16H21ClN4O4. The molecule has 3 N–H and O–H groups in total. The van der Waals surface area contributed by atoms with Crippen LogP contribution in [0.3, 0.4) is 0 Å². The summed E-state index contributed by atoms with van der Waals surface area (Å²) in [4.78, 5) is 16.1. The second-order valence-corrected chi connectivity index (χ2v) is 6.10. The Morgan fingerprint density at radius 3 is 2.68 bits per heavy atom. The fourth-order valence-electron chi connectivity index (χ4n) is 2.07. The van der Waals surface area contributed by atoms with E-state index in [0.717, 1.165) is 0 Å². The quantitative estimate of drug-likeness (QED) is 0.768. The highest BCUT2D eigenvalue weighted by Gasteiger charge is 2.19. The third-order valence-electron chi connectivity index (χ3n) is 3.59. The fraction of sp³-hybridized carbons (Fsp3) is 0.438. The third kappa shape index (κ3) is 4.40. The van der Waals surface area contributed by atoms with Gasteiger partial charge in [-0.3, -0.25) is 4.79 Å². The predicted molar refractivity (Wildman–Crippen MR) is 92.5 cm³/mol. The number of nitrogens with zero attached hydrogens (tertiary/aromatic N) is 2. The van der Waals surface area contributed by atoms with Crippen molar-refractivity contribution in [3.8, 4) is 22.9 Å². The van der Waals surface area contributed by atoms with E-state index in [2.05, 4.69) is 15.5 Å². The van der Waals surface area contributed by atoms with Crippen LogP contribution in [0.25, 0.3) is 11.4 Å². The first kappa shape index (κ1) is 19.0. The van der Waals surface area contributed by atoms with Gasteiger partial charge in [0.25, 0.3) is 0 Å². The van der Waals surface area contributed by atoms with E-state index in [-0.39, 0.29) is 24.3 Å². The molecule has 1 aromatic heterocycles. The smallest absolute Gasteiger partial charge is 0.246 e. The van der Waals surface area contributed by atoms with Crippen LogP contribution in [-0.2, 0) is 11.3 Å². The lowest BCUT2D eigenvalue weighted by Gasteiger charge is -2.14. The molecule has 0 radical (unpaired) electrons. The number of hydrogen-bond acceptors (Lipinski definition) is 7. The maximum Gasteiger partial charge on any atom is 0.246 e. The van der Waals surface area contributed by atoms with Crippen LogP contribution in [0.2, 0.25) is 5.02 Å². The lowest BCUT2D eigenvalue weighted by Crippen LogP contribution is -2.43. The van der Waals surface area contributed by atoms with Crippen LogP contribution in [0.5, 0.6) is 11.5 Å². The second-order valence-electron chi connectivity index (χ2n) is 5.69. The summed E-state index contributed by atoms with van der Waals surface area (Å²) in [5, 5.41) is 6.92. The van der Waals surface area contributed by atoms with Gasteiger partial charge in [-0.05, 0) is 18.1 Å². The summed E-state index contributed by atoms with van der Waals surface area (Å²) in [6.45, 7) is 3.83. The van der Waals surface area contributed by atoms with E-state index in [1.54, 1.807) is 12.1 Å². The van der Waals surface area contributed by atoms with Gasteiger partial charge < -0.3 is 25.0 Å². The summed E-state index contributed by atoms with van der Waals surface area (Å²) >= 11 is 6.18. The molecular weight excluding hydrogens is 348 g/mol. The molecule has 1 atom stereocenters. The molecule has 0 saturated carbocycles. The van der Waals surface area contributed by atoms with E-state index in [1.807, 2.05) is 13.8 Å². The number of nitrogens with two attached hydrogens (primary N) is 1. The number of methoxy groups -OCH3 is 2. The average Bonchev–Trinajstić information content (AvgIpc) is 3.07. The van der Waals surface area contributed by atoms with Crippen LogP contribution < -0.4 is 20.5 Å². The van der Waals surface area contributed by atoms with Crippen LogP contribution in [0.1, 0.15) is 19.7 Å². The number of amides is 1. The molecule has 0 fully saturated rings. The normalized spacial score (nSPS) is 12.1. The molecule has 1 heterocycles. The first-order chi connectivity index (χ1) is 11.9.